The van der Waals surface area contributed by atoms with Gasteiger partial charge in [-0.1, -0.05) is 58.6 Å². The molecule has 1 nitrogen and oxygen atoms in total. The smallest absolute Gasteiger partial charge is 0.120 e. The molecule has 3 aliphatic carbocycles. The summed E-state index contributed by atoms with van der Waals surface area (Å²) in [5.41, 5.74) is 4.36. The van der Waals surface area contributed by atoms with E-state index in [0.29, 0.717) is 17.3 Å². The fraction of sp³-hybridized carbons (Fsp3) is 0.850. The second kappa shape index (κ2) is 4.70. The van der Waals surface area contributed by atoms with E-state index in [4.69, 9.17) is 0 Å². The van der Waals surface area contributed by atoms with Gasteiger partial charge < -0.3 is 4.79 Å². The molecule has 4 atom stereocenters. The lowest BCUT2D eigenvalue weighted by molar-refractivity contribution is -0.109. The van der Waals surface area contributed by atoms with E-state index in [0.717, 1.165) is 11.8 Å². The summed E-state index contributed by atoms with van der Waals surface area (Å²) < 4.78 is 0. The number of fused-ring (bicyclic) bond motifs is 2. The van der Waals surface area contributed by atoms with E-state index in [-0.39, 0.29) is 5.41 Å². The molecule has 0 unspecified atom stereocenters. The Morgan fingerprint density at radius 2 is 1.90 bits per heavy atom. The molecule has 0 bridgehead atoms. The Morgan fingerprint density at radius 1 is 1.19 bits per heavy atom. The van der Waals surface area contributed by atoms with Gasteiger partial charge in [0.05, 0.1) is 0 Å². The molecule has 0 aromatic heterocycles. The van der Waals surface area contributed by atoms with Gasteiger partial charge in [0.2, 0.25) is 0 Å². The minimum atomic E-state index is 0.124. The van der Waals surface area contributed by atoms with Crippen LogP contribution in [0, 0.1) is 28.1 Å². The Kier molecular flexibility index (Phi) is 3.43. The van der Waals surface area contributed by atoms with Gasteiger partial charge in [-0.25, -0.2) is 0 Å². The zero-order valence-electron chi connectivity index (χ0n) is 14.6. The van der Waals surface area contributed by atoms with Crippen LogP contribution in [0.25, 0.3) is 0 Å². The first-order chi connectivity index (χ1) is 9.73. The van der Waals surface area contributed by atoms with Crippen molar-refractivity contribution in [2.75, 3.05) is 0 Å². The molecule has 1 saturated carbocycles. The average Bonchev–Trinajstić information content (AvgIpc) is 2.56. The van der Waals surface area contributed by atoms with Gasteiger partial charge in [0.15, 0.2) is 0 Å². The van der Waals surface area contributed by atoms with E-state index >= 15 is 0 Å². The SMILES string of the molecule is C[C@@H]1CCC[C@@]2(C)CCC3=C([C@@H]12)[C@](C)(CC=O)CC3(C)C. The highest BCUT2D eigenvalue weighted by atomic mass is 16.1. The monoisotopic (exact) mass is 288 g/mol. The van der Waals surface area contributed by atoms with Crippen LogP contribution in [0.4, 0.5) is 0 Å². The maximum absolute atomic E-state index is 11.4. The van der Waals surface area contributed by atoms with Crippen LogP contribution in [0.3, 0.4) is 0 Å². The molecule has 3 rings (SSSR count). The minimum Gasteiger partial charge on any atom is -0.303 e. The van der Waals surface area contributed by atoms with Crippen molar-refractivity contribution in [2.24, 2.45) is 28.1 Å². The van der Waals surface area contributed by atoms with Crippen LogP contribution in [-0.2, 0) is 4.79 Å². The first kappa shape index (κ1) is 15.3. The van der Waals surface area contributed by atoms with Crippen molar-refractivity contribution < 1.29 is 4.79 Å². The van der Waals surface area contributed by atoms with Crippen LogP contribution in [0.15, 0.2) is 11.1 Å². The van der Waals surface area contributed by atoms with Crippen LogP contribution in [-0.4, -0.2) is 6.29 Å². The highest BCUT2D eigenvalue weighted by Crippen LogP contribution is 2.66. The van der Waals surface area contributed by atoms with E-state index in [1.54, 1.807) is 11.1 Å². The maximum atomic E-state index is 11.4. The fourth-order valence-corrected chi connectivity index (χ4v) is 6.47. The molecule has 0 amide bonds. The summed E-state index contributed by atoms with van der Waals surface area (Å²) in [5.74, 6) is 1.51. The number of rotatable bonds is 2. The van der Waals surface area contributed by atoms with Gasteiger partial charge in [0.25, 0.3) is 0 Å². The summed E-state index contributed by atoms with van der Waals surface area (Å²) >= 11 is 0. The van der Waals surface area contributed by atoms with Gasteiger partial charge in [-0.3, -0.25) is 0 Å². The van der Waals surface area contributed by atoms with E-state index in [2.05, 4.69) is 34.6 Å². The molecule has 0 radical (unpaired) electrons. The lowest BCUT2D eigenvalue weighted by Gasteiger charge is -2.52. The molecule has 1 fully saturated rings. The second-order valence-corrected chi connectivity index (χ2v) is 9.39. The lowest BCUT2D eigenvalue weighted by atomic mass is 9.52. The molecule has 3 aliphatic rings. The summed E-state index contributed by atoms with van der Waals surface area (Å²) in [6.07, 6.45) is 9.84. The number of aldehydes is 1. The topological polar surface area (TPSA) is 17.1 Å². The molecule has 0 saturated heterocycles. The Bertz CT molecular complexity index is 486. The molecule has 1 heteroatoms. The van der Waals surface area contributed by atoms with Crippen molar-refractivity contribution in [2.45, 2.75) is 79.6 Å². The molecule has 0 heterocycles. The van der Waals surface area contributed by atoms with Crippen LogP contribution in [0.1, 0.15) is 79.6 Å². The Hall–Kier alpha value is -0.590. The zero-order valence-corrected chi connectivity index (χ0v) is 14.6. The zero-order chi connectivity index (χ0) is 15.5. The molecule has 0 aromatic rings. The van der Waals surface area contributed by atoms with Gasteiger partial charge >= 0.3 is 0 Å². The third-order valence-corrected chi connectivity index (χ3v) is 7.14. The van der Waals surface area contributed by atoms with E-state index < -0.39 is 0 Å². The summed E-state index contributed by atoms with van der Waals surface area (Å²) in [5, 5.41) is 0. The van der Waals surface area contributed by atoms with Crippen LogP contribution in [0.2, 0.25) is 0 Å². The predicted octanol–water partition coefficient (Wildman–Crippen LogP) is 5.54. The van der Waals surface area contributed by atoms with E-state index in [1.807, 2.05) is 0 Å². The quantitative estimate of drug-likeness (QED) is 0.481. The number of hydrogen-bond acceptors (Lipinski definition) is 1. The van der Waals surface area contributed by atoms with Gasteiger partial charge in [-0.05, 0) is 53.8 Å². The predicted molar refractivity (Wildman–Crippen MR) is 88.1 cm³/mol. The van der Waals surface area contributed by atoms with Crippen molar-refractivity contribution in [1.29, 1.82) is 0 Å². The molecule has 0 spiro atoms. The third-order valence-electron chi connectivity index (χ3n) is 7.14. The van der Waals surface area contributed by atoms with Crippen LogP contribution >= 0.6 is 0 Å². The van der Waals surface area contributed by atoms with Crippen molar-refractivity contribution in [1.82, 2.24) is 0 Å². The third kappa shape index (κ3) is 2.14. The summed E-state index contributed by atoms with van der Waals surface area (Å²) in [4.78, 5) is 11.4. The van der Waals surface area contributed by atoms with Gasteiger partial charge in [0, 0.05) is 6.42 Å². The molecular weight excluding hydrogens is 256 g/mol. The fourth-order valence-electron chi connectivity index (χ4n) is 6.47. The maximum Gasteiger partial charge on any atom is 0.120 e. The van der Waals surface area contributed by atoms with E-state index in [9.17, 15) is 4.79 Å². The average molecular weight is 288 g/mol. The molecule has 0 aliphatic heterocycles. The highest BCUT2D eigenvalue weighted by Gasteiger charge is 2.56. The van der Waals surface area contributed by atoms with Gasteiger partial charge in [-0.2, -0.15) is 0 Å². The Morgan fingerprint density at radius 3 is 2.57 bits per heavy atom. The first-order valence-corrected chi connectivity index (χ1v) is 8.91. The standard InChI is InChI=1S/C20H32O/c1-14-7-6-9-19(4)10-8-15-17(16(14)19)20(5,11-12-21)13-18(15,2)3/h12,14,16H,6-11,13H2,1-5H3/t14-,16-,19+,20-/m1/s1. The van der Waals surface area contributed by atoms with Gasteiger partial charge in [-0.15, -0.1) is 0 Å². The van der Waals surface area contributed by atoms with Crippen LogP contribution < -0.4 is 0 Å². The molecular formula is C20H32O. The van der Waals surface area contributed by atoms with Crippen molar-refractivity contribution in [3.05, 3.63) is 11.1 Å². The number of carbonyl (C=O) groups is 1. The van der Waals surface area contributed by atoms with Crippen molar-refractivity contribution >= 4 is 6.29 Å². The summed E-state index contributed by atoms with van der Waals surface area (Å²) in [6, 6.07) is 0. The second-order valence-electron chi connectivity index (χ2n) is 9.39. The number of allylic oxidation sites excluding steroid dienone is 2. The molecule has 118 valence electrons. The normalized spacial score (nSPS) is 45.2. The Labute approximate surface area is 130 Å². The molecule has 0 aromatic carbocycles. The van der Waals surface area contributed by atoms with Crippen LogP contribution in [0.5, 0.6) is 0 Å². The number of hydrogen-bond donors (Lipinski definition) is 0. The van der Waals surface area contributed by atoms with Crippen molar-refractivity contribution in [3.63, 3.8) is 0 Å². The largest absolute Gasteiger partial charge is 0.303 e. The van der Waals surface area contributed by atoms with Crippen molar-refractivity contribution in [3.8, 4) is 0 Å². The lowest BCUT2D eigenvalue weighted by Crippen LogP contribution is -2.43. The highest BCUT2D eigenvalue weighted by molar-refractivity contribution is 5.55. The van der Waals surface area contributed by atoms with Gasteiger partial charge in [0.1, 0.15) is 6.29 Å². The minimum absolute atomic E-state index is 0.124. The van der Waals surface area contributed by atoms with E-state index in [1.165, 1.54) is 44.8 Å². The summed E-state index contributed by atoms with van der Waals surface area (Å²) in [6.45, 7) is 12.2. The number of carbonyl (C=O) groups excluding carboxylic acids is 1. The summed E-state index contributed by atoms with van der Waals surface area (Å²) in [7, 11) is 0. The molecule has 0 N–H and O–H groups in total. The first-order valence-electron chi connectivity index (χ1n) is 8.91. The molecule has 21 heavy (non-hydrogen) atoms. The Balaban J connectivity index is 2.13.